The van der Waals surface area contributed by atoms with Crippen molar-refractivity contribution in [3.8, 4) is 0 Å². The van der Waals surface area contributed by atoms with Gasteiger partial charge in [-0.3, -0.25) is 0 Å². The summed E-state index contributed by atoms with van der Waals surface area (Å²) in [6.07, 6.45) is 0. The number of aryl methyl sites for hydroxylation is 1. The number of hydrogen-bond acceptors (Lipinski definition) is 1. The van der Waals surface area contributed by atoms with Gasteiger partial charge in [-0.1, -0.05) is 12.1 Å². The summed E-state index contributed by atoms with van der Waals surface area (Å²) in [6.45, 7) is 1.89. The van der Waals surface area contributed by atoms with Crippen LogP contribution in [0, 0.1) is 18.6 Å². The molecule has 0 amide bonds. The molecule has 0 saturated carbocycles. The first-order valence-electron chi connectivity index (χ1n) is 3.75. The van der Waals surface area contributed by atoms with Crippen LogP contribution in [0.2, 0.25) is 0 Å². The Hall–Kier alpha value is -0.960. The van der Waals surface area contributed by atoms with Gasteiger partial charge in [0.15, 0.2) is 11.6 Å². The summed E-state index contributed by atoms with van der Waals surface area (Å²) in [7, 11) is 1.69. The molecule has 12 heavy (non-hydrogen) atoms. The first-order valence-corrected chi connectivity index (χ1v) is 3.75. The number of hydrogen-bond donors (Lipinski definition) is 1. The average molecular weight is 171 g/mol. The first kappa shape index (κ1) is 9.13. The highest BCUT2D eigenvalue weighted by Crippen LogP contribution is 2.14. The van der Waals surface area contributed by atoms with E-state index in [2.05, 4.69) is 5.32 Å². The van der Waals surface area contributed by atoms with E-state index in [1.54, 1.807) is 26.1 Å². The monoisotopic (exact) mass is 171 g/mol. The fourth-order valence-corrected chi connectivity index (χ4v) is 1.01. The smallest absolute Gasteiger partial charge is 0.163 e. The number of rotatable bonds is 2. The van der Waals surface area contributed by atoms with Gasteiger partial charge in [0.1, 0.15) is 0 Å². The molecular weight excluding hydrogens is 160 g/mol. The van der Waals surface area contributed by atoms with Crippen molar-refractivity contribution in [3.63, 3.8) is 0 Å². The molecule has 1 aromatic carbocycles. The van der Waals surface area contributed by atoms with Crippen molar-refractivity contribution in [2.75, 3.05) is 7.05 Å². The minimum atomic E-state index is -0.747. The van der Waals surface area contributed by atoms with Crippen molar-refractivity contribution in [3.05, 3.63) is 34.9 Å². The van der Waals surface area contributed by atoms with Crippen LogP contribution in [0.5, 0.6) is 0 Å². The first-order chi connectivity index (χ1) is 5.66. The zero-order valence-electron chi connectivity index (χ0n) is 7.12. The molecule has 0 spiro atoms. The summed E-state index contributed by atoms with van der Waals surface area (Å²) in [5.41, 5.74) is 0.702. The fourth-order valence-electron chi connectivity index (χ4n) is 1.01. The molecule has 0 unspecified atom stereocenters. The van der Waals surface area contributed by atoms with Gasteiger partial charge in [-0.15, -0.1) is 0 Å². The van der Waals surface area contributed by atoms with E-state index in [-0.39, 0.29) is 0 Å². The summed E-state index contributed by atoms with van der Waals surface area (Å²) < 4.78 is 25.9. The largest absolute Gasteiger partial charge is 0.316 e. The second kappa shape index (κ2) is 3.63. The minimum Gasteiger partial charge on any atom is -0.316 e. The van der Waals surface area contributed by atoms with E-state index < -0.39 is 11.6 Å². The van der Waals surface area contributed by atoms with E-state index in [9.17, 15) is 8.78 Å². The van der Waals surface area contributed by atoms with Crippen LogP contribution in [0.25, 0.3) is 0 Å². The van der Waals surface area contributed by atoms with Crippen molar-refractivity contribution in [1.29, 1.82) is 0 Å². The Morgan fingerprint density at radius 2 is 1.92 bits per heavy atom. The van der Waals surface area contributed by atoms with Crippen molar-refractivity contribution in [2.45, 2.75) is 13.5 Å². The second-order valence-electron chi connectivity index (χ2n) is 2.70. The van der Waals surface area contributed by atoms with Crippen LogP contribution < -0.4 is 5.32 Å². The van der Waals surface area contributed by atoms with Gasteiger partial charge < -0.3 is 5.32 Å². The Labute approximate surface area is 70.4 Å². The Bertz CT molecular complexity index is 284. The summed E-state index contributed by atoms with van der Waals surface area (Å²) in [4.78, 5) is 0. The molecule has 1 nitrogen and oxygen atoms in total. The van der Waals surface area contributed by atoms with E-state index in [0.29, 0.717) is 17.7 Å². The molecule has 0 bridgehead atoms. The van der Waals surface area contributed by atoms with Gasteiger partial charge in [-0.25, -0.2) is 8.78 Å². The van der Waals surface area contributed by atoms with Gasteiger partial charge in [0.2, 0.25) is 0 Å². The van der Waals surface area contributed by atoms with Gasteiger partial charge >= 0.3 is 0 Å². The maximum absolute atomic E-state index is 13.0. The standard InChI is InChI=1S/C9H11F2N/c1-6-3-4-7(5-12-2)9(11)8(6)10/h3-4,12H,5H2,1-2H3. The lowest BCUT2D eigenvalue weighted by atomic mass is 10.1. The van der Waals surface area contributed by atoms with E-state index in [4.69, 9.17) is 0 Å². The highest BCUT2D eigenvalue weighted by Gasteiger charge is 2.09. The normalized spacial score (nSPS) is 10.3. The molecule has 1 rings (SSSR count). The molecule has 1 N–H and O–H groups in total. The molecule has 0 fully saturated rings. The lowest BCUT2D eigenvalue weighted by molar-refractivity contribution is 0.490. The SMILES string of the molecule is CNCc1ccc(C)c(F)c1F. The van der Waals surface area contributed by atoms with E-state index >= 15 is 0 Å². The molecule has 0 aliphatic carbocycles. The van der Waals surface area contributed by atoms with Gasteiger partial charge in [0.25, 0.3) is 0 Å². The molecule has 0 aliphatic heterocycles. The second-order valence-corrected chi connectivity index (χ2v) is 2.70. The van der Waals surface area contributed by atoms with Crippen LogP contribution in [0.1, 0.15) is 11.1 Å². The molecule has 66 valence electrons. The summed E-state index contributed by atoms with van der Waals surface area (Å²) in [5.74, 6) is -1.49. The Morgan fingerprint density at radius 3 is 2.50 bits per heavy atom. The Balaban J connectivity index is 3.08. The van der Waals surface area contributed by atoms with Crippen molar-refractivity contribution in [2.24, 2.45) is 0 Å². The maximum atomic E-state index is 13.0. The third-order valence-corrected chi connectivity index (χ3v) is 1.72. The molecule has 0 heterocycles. The van der Waals surface area contributed by atoms with E-state index in [1.807, 2.05) is 0 Å². The summed E-state index contributed by atoms with van der Waals surface area (Å²) >= 11 is 0. The summed E-state index contributed by atoms with van der Waals surface area (Å²) in [6, 6.07) is 3.16. The topological polar surface area (TPSA) is 12.0 Å². The van der Waals surface area contributed by atoms with Gasteiger partial charge in [0, 0.05) is 12.1 Å². The Morgan fingerprint density at radius 1 is 1.25 bits per heavy atom. The van der Waals surface area contributed by atoms with Gasteiger partial charge in [-0.05, 0) is 19.5 Å². The minimum absolute atomic E-state index is 0.340. The van der Waals surface area contributed by atoms with Gasteiger partial charge in [0.05, 0.1) is 0 Å². The zero-order chi connectivity index (χ0) is 9.14. The van der Waals surface area contributed by atoms with Crippen LogP contribution in [-0.2, 0) is 6.54 Å². The van der Waals surface area contributed by atoms with Crippen LogP contribution in [-0.4, -0.2) is 7.05 Å². The van der Waals surface area contributed by atoms with Gasteiger partial charge in [-0.2, -0.15) is 0 Å². The third kappa shape index (κ3) is 1.61. The predicted molar refractivity (Wildman–Crippen MR) is 43.9 cm³/mol. The quantitative estimate of drug-likeness (QED) is 0.717. The molecule has 0 atom stereocenters. The maximum Gasteiger partial charge on any atom is 0.163 e. The molecule has 0 saturated heterocycles. The predicted octanol–water partition coefficient (Wildman–Crippen LogP) is 1.99. The molecular formula is C9H11F2N. The van der Waals surface area contributed by atoms with Crippen LogP contribution in [0.15, 0.2) is 12.1 Å². The van der Waals surface area contributed by atoms with Crippen LogP contribution in [0.3, 0.4) is 0 Å². The van der Waals surface area contributed by atoms with Crippen molar-refractivity contribution >= 4 is 0 Å². The number of nitrogens with one attached hydrogen (secondary N) is 1. The molecule has 1 aromatic rings. The molecule has 3 heteroatoms. The van der Waals surface area contributed by atoms with Crippen LogP contribution >= 0.6 is 0 Å². The lowest BCUT2D eigenvalue weighted by Crippen LogP contribution is -2.08. The summed E-state index contributed by atoms with van der Waals surface area (Å²) in [5, 5.41) is 2.76. The van der Waals surface area contributed by atoms with Crippen molar-refractivity contribution < 1.29 is 8.78 Å². The zero-order valence-corrected chi connectivity index (χ0v) is 7.12. The third-order valence-electron chi connectivity index (χ3n) is 1.72. The Kier molecular flexibility index (Phi) is 2.76. The van der Waals surface area contributed by atoms with E-state index in [0.717, 1.165) is 0 Å². The highest BCUT2D eigenvalue weighted by atomic mass is 19.2. The lowest BCUT2D eigenvalue weighted by Gasteiger charge is -2.04. The van der Waals surface area contributed by atoms with E-state index in [1.165, 1.54) is 0 Å². The average Bonchev–Trinajstić information content (AvgIpc) is 2.07. The molecule has 0 aliphatic rings. The molecule has 0 radical (unpaired) electrons. The fraction of sp³-hybridized carbons (Fsp3) is 0.333. The van der Waals surface area contributed by atoms with Crippen molar-refractivity contribution in [1.82, 2.24) is 5.32 Å². The number of halogens is 2. The molecule has 0 aromatic heterocycles. The van der Waals surface area contributed by atoms with Crippen LogP contribution in [0.4, 0.5) is 8.78 Å². The number of benzene rings is 1. The highest BCUT2D eigenvalue weighted by molar-refractivity contribution is 5.25.